The van der Waals surface area contributed by atoms with Crippen LogP contribution < -0.4 is 5.32 Å². The first-order chi connectivity index (χ1) is 7.55. The summed E-state index contributed by atoms with van der Waals surface area (Å²) in [6.07, 6.45) is 0.939. The Morgan fingerprint density at radius 2 is 2.06 bits per heavy atom. The molecule has 3 heteroatoms. The predicted octanol–water partition coefficient (Wildman–Crippen LogP) is 1.91. The highest BCUT2D eigenvalue weighted by atomic mass is 16.5. The molecule has 3 nitrogen and oxygen atoms in total. The van der Waals surface area contributed by atoms with Crippen molar-refractivity contribution in [1.29, 1.82) is 0 Å². The third kappa shape index (κ3) is 2.97. The van der Waals surface area contributed by atoms with Gasteiger partial charge >= 0.3 is 0 Å². The van der Waals surface area contributed by atoms with E-state index < -0.39 is 0 Å². The Labute approximate surface area is 96.4 Å². The second kappa shape index (κ2) is 4.44. The van der Waals surface area contributed by atoms with E-state index in [1.807, 2.05) is 12.1 Å². The molecule has 0 bridgehead atoms. The first-order valence-electron chi connectivity index (χ1n) is 5.68. The molecule has 0 radical (unpaired) electrons. The van der Waals surface area contributed by atoms with Gasteiger partial charge in [0.2, 0.25) is 0 Å². The molecule has 1 atom stereocenters. The Kier molecular flexibility index (Phi) is 3.17. The van der Waals surface area contributed by atoms with Crippen LogP contribution in [0.5, 0.6) is 5.75 Å². The van der Waals surface area contributed by atoms with Gasteiger partial charge in [-0.1, -0.05) is 26.0 Å². The molecule has 88 valence electrons. The van der Waals surface area contributed by atoms with Crippen LogP contribution in [0.4, 0.5) is 0 Å². The molecule has 0 spiro atoms. The smallest absolute Gasteiger partial charge is 0.115 e. The third-order valence-electron chi connectivity index (χ3n) is 2.84. The number of ether oxygens (including phenoxy) is 1. The highest BCUT2D eigenvalue weighted by molar-refractivity contribution is 5.26. The summed E-state index contributed by atoms with van der Waals surface area (Å²) in [5.41, 5.74) is 1.40. The van der Waals surface area contributed by atoms with Crippen molar-refractivity contribution in [3.05, 3.63) is 29.8 Å². The molecule has 0 saturated carbocycles. The van der Waals surface area contributed by atoms with Crippen LogP contribution in [-0.2, 0) is 11.2 Å². The molecule has 1 aliphatic rings. The minimum Gasteiger partial charge on any atom is -0.508 e. The van der Waals surface area contributed by atoms with Gasteiger partial charge in [-0.25, -0.2) is 0 Å². The lowest BCUT2D eigenvalue weighted by Gasteiger charge is -2.35. The van der Waals surface area contributed by atoms with Crippen molar-refractivity contribution in [3.8, 4) is 5.75 Å². The summed E-state index contributed by atoms with van der Waals surface area (Å²) < 4.78 is 5.75. The van der Waals surface area contributed by atoms with E-state index in [-0.39, 0.29) is 11.6 Å². The number of phenols is 1. The van der Waals surface area contributed by atoms with Gasteiger partial charge in [0.05, 0.1) is 6.61 Å². The molecule has 0 aromatic heterocycles. The van der Waals surface area contributed by atoms with Crippen LogP contribution in [0.2, 0.25) is 0 Å². The summed E-state index contributed by atoms with van der Waals surface area (Å²) in [6, 6.07) is 7.28. The fourth-order valence-electron chi connectivity index (χ4n) is 1.80. The van der Waals surface area contributed by atoms with Gasteiger partial charge in [0.25, 0.3) is 0 Å². The normalized spacial score (nSPS) is 24.2. The van der Waals surface area contributed by atoms with Crippen LogP contribution in [0, 0.1) is 5.41 Å². The van der Waals surface area contributed by atoms with Gasteiger partial charge < -0.3 is 9.84 Å². The van der Waals surface area contributed by atoms with E-state index in [1.165, 1.54) is 5.56 Å². The zero-order chi connectivity index (χ0) is 11.6. The van der Waals surface area contributed by atoms with Crippen molar-refractivity contribution < 1.29 is 9.84 Å². The zero-order valence-corrected chi connectivity index (χ0v) is 9.86. The summed E-state index contributed by atoms with van der Waals surface area (Å²) in [5.74, 6) is 0.308. The number of phenolic OH excluding ortho intramolecular Hbond substituents is 1. The molecule has 2 N–H and O–H groups in total. The molecule has 0 aliphatic carbocycles. The SMILES string of the molecule is CC1(C)CNC(Cc2ccc(O)cc2)OC1. The average Bonchev–Trinajstić information content (AvgIpc) is 2.24. The number of benzene rings is 1. The van der Waals surface area contributed by atoms with Crippen molar-refractivity contribution in [2.45, 2.75) is 26.5 Å². The van der Waals surface area contributed by atoms with Crippen molar-refractivity contribution in [1.82, 2.24) is 5.32 Å². The van der Waals surface area contributed by atoms with Gasteiger partial charge in [0.1, 0.15) is 12.0 Å². The van der Waals surface area contributed by atoms with Crippen molar-refractivity contribution >= 4 is 0 Å². The quantitative estimate of drug-likeness (QED) is 0.801. The van der Waals surface area contributed by atoms with E-state index in [4.69, 9.17) is 4.74 Å². The minimum atomic E-state index is 0.0950. The monoisotopic (exact) mass is 221 g/mol. The topological polar surface area (TPSA) is 41.5 Å². The predicted molar refractivity (Wildman–Crippen MR) is 63.3 cm³/mol. The largest absolute Gasteiger partial charge is 0.508 e. The fourth-order valence-corrected chi connectivity index (χ4v) is 1.80. The van der Waals surface area contributed by atoms with E-state index in [9.17, 15) is 5.11 Å². The van der Waals surface area contributed by atoms with E-state index in [2.05, 4.69) is 19.2 Å². The van der Waals surface area contributed by atoms with Crippen LogP contribution in [0.15, 0.2) is 24.3 Å². The molecule has 1 aliphatic heterocycles. The molecule has 1 fully saturated rings. The van der Waals surface area contributed by atoms with Crippen molar-refractivity contribution in [2.24, 2.45) is 5.41 Å². The van der Waals surface area contributed by atoms with Gasteiger partial charge in [0.15, 0.2) is 0 Å². The molecule has 1 aromatic rings. The maximum Gasteiger partial charge on any atom is 0.115 e. The van der Waals surface area contributed by atoms with E-state index >= 15 is 0 Å². The van der Waals surface area contributed by atoms with Gasteiger partial charge in [-0.2, -0.15) is 0 Å². The van der Waals surface area contributed by atoms with Crippen LogP contribution in [0.25, 0.3) is 0 Å². The third-order valence-corrected chi connectivity index (χ3v) is 2.84. The second-order valence-electron chi connectivity index (χ2n) is 5.22. The fraction of sp³-hybridized carbons (Fsp3) is 0.538. The van der Waals surface area contributed by atoms with E-state index in [0.717, 1.165) is 19.6 Å². The first-order valence-corrected chi connectivity index (χ1v) is 5.68. The van der Waals surface area contributed by atoms with Crippen molar-refractivity contribution in [2.75, 3.05) is 13.2 Å². The number of hydrogen-bond acceptors (Lipinski definition) is 3. The van der Waals surface area contributed by atoms with Crippen LogP contribution in [0.1, 0.15) is 19.4 Å². The van der Waals surface area contributed by atoms with Crippen LogP contribution in [0.3, 0.4) is 0 Å². The maximum atomic E-state index is 9.18. The Bertz CT molecular complexity index is 335. The lowest BCUT2D eigenvalue weighted by Crippen LogP contribution is -2.48. The highest BCUT2D eigenvalue weighted by Crippen LogP contribution is 2.20. The molecular weight excluding hydrogens is 202 g/mol. The minimum absolute atomic E-state index is 0.0950. The standard InChI is InChI=1S/C13H19NO2/c1-13(2)8-14-12(16-9-13)7-10-3-5-11(15)6-4-10/h3-6,12,14-15H,7-9H2,1-2H3. The highest BCUT2D eigenvalue weighted by Gasteiger charge is 2.26. The number of hydrogen-bond donors (Lipinski definition) is 2. The lowest BCUT2D eigenvalue weighted by atomic mass is 9.93. The van der Waals surface area contributed by atoms with Crippen LogP contribution >= 0.6 is 0 Å². The van der Waals surface area contributed by atoms with Crippen LogP contribution in [-0.4, -0.2) is 24.5 Å². The van der Waals surface area contributed by atoms with E-state index in [0.29, 0.717) is 5.75 Å². The summed E-state index contributed by atoms with van der Waals surface area (Å²) in [7, 11) is 0. The molecule has 1 saturated heterocycles. The average molecular weight is 221 g/mol. The Morgan fingerprint density at radius 1 is 1.38 bits per heavy atom. The Morgan fingerprint density at radius 3 is 2.62 bits per heavy atom. The van der Waals surface area contributed by atoms with Crippen molar-refractivity contribution in [3.63, 3.8) is 0 Å². The molecule has 0 amide bonds. The molecule has 16 heavy (non-hydrogen) atoms. The summed E-state index contributed by atoms with van der Waals surface area (Å²) in [5, 5.41) is 12.6. The zero-order valence-electron chi connectivity index (χ0n) is 9.86. The number of rotatable bonds is 2. The maximum absolute atomic E-state index is 9.18. The summed E-state index contributed by atoms with van der Waals surface area (Å²) >= 11 is 0. The van der Waals surface area contributed by atoms with Gasteiger partial charge in [-0.3, -0.25) is 5.32 Å². The Balaban J connectivity index is 1.89. The molecule has 1 aromatic carbocycles. The second-order valence-corrected chi connectivity index (χ2v) is 5.22. The van der Waals surface area contributed by atoms with Gasteiger partial charge in [-0.15, -0.1) is 0 Å². The number of nitrogens with one attached hydrogen (secondary N) is 1. The summed E-state index contributed by atoms with van der Waals surface area (Å²) in [4.78, 5) is 0. The molecule has 1 unspecified atom stereocenters. The van der Waals surface area contributed by atoms with Gasteiger partial charge in [-0.05, 0) is 17.7 Å². The van der Waals surface area contributed by atoms with Gasteiger partial charge in [0, 0.05) is 18.4 Å². The molecular formula is C13H19NO2. The Hall–Kier alpha value is -1.06. The molecule has 1 heterocycles. The summed E-state index contributed by atoms with van der Waals surface area (Å²) in [6.45, 7) is 6.16. The lowest BCUT2D eigenvalue weighted by molar-refractivity contribution is -0.0566. The molecule has 2 rings (SSSR count). The number of aromatic hydroxyl groups is 1. The van der Waals surface area contributed by atoms with E-state index in [1.54, 1.807) is 12.1 Å². The first kappa shape index (κ1) is 11.4.